The zero-order valence-electron chi connectivity index (χ0n) is 12.8. The van der Waals surface area contributed by atoms with Crippen LogP contribution in [0.25, 0.3) is 0 Å². The number of carbonyl (C=O) groups is 2. The molecule has 0 aliphatic carbocycles. The first kappa shape index (κ1) is 17.2. The minimum absolute atomic E-state index is 0.0865. The Kier molecular flexibility index (Phi) is 6.37. The van der Waals surface area contributed by atoms with E-state index in [0.717, 1.165) is 0 Å². The van der Waals surface area contributed by atoms with Crippen LogP contribution in [0.2, 0.25) is 0 Å². The van der Waals surface area contributed by atoms with Crippen LogP contribution in [0.3, 0.4) is 0 Å². The average Bonchev–Trinajstić information content (AvgIpc) is 2.45. The third-order valence-electron chi connectivity index (χ3n) is 3.31. The number of aliphatic hydroxyl groups excluding tert-OH is 1. The summed E-state index contributed by atoms with van der Waals surface area (Å²) in [5.41, 5.74) is 0.353. The van der Waals surface area contributed by atoms with E-state index in [1.54, 1.807) is 31.2 Å². The van der Waals surface area contributed by atoms with E-state index < -0.39 is 6.04 Å². The van der Waals surface area contributed by atoms with E-state index in [0.29, 0.717) is 18.5 Å². The lowest BCUT2D eigenvalue weighted by Crippen LogP contribution is -2.47. The SMILES string of the molecule is CC(NC(=O)c1ccccc1)C(=O)NCC(C)(C)CCO. The molecule has 5 nitrogen and oxygen atoms in total. The fourth-order valence-electron chi connectivity index (χ4n) is 1.81. The van der Waals surface area contributed by atoms with E-state index in [4.69, 9.17) is 5.11 Å². The molecule has 1 aromatic rings. The number of rotatable bonds is 7. The summed E-state index contributed by atoms with van der Waals surface area (Å²) in [5, 5.41) is 14.4. The Hall–Kier alpha value is -1.88. The van der Waals surface area contributed by atoms with E-state index in [2.05, 4.69) is 10.6 Å². The molecule has 1 aromatic carbocycles. The Bertz CT molecular complexity index is 472. The van der Waals surface area contributed by atoms with Crippen molar-refractivity contribution >= 4 is 11.8 Å². The van der Waals surface area contributed by atoms with Crippen molar-refractivity contribution in [3.05, 3.63) is 35.9 Å². The molecule has 1 rings (SSSR count). The number of benzene rings is 1. The third-order valence-corrected chi connectivity index (χ3v) is 3.31. The molecule has 0 aliphatic rings. The van der Waals surface area contributed by atoms with Gasteiger partial charge in [0.15, 0.2) is 0 Å². The molecule has 0 fully saturated rings. The second kappa shape index (κ2) is 7.78. The molecule has 2 amide bonds. The van der Waals surface area contributed by atoms with Crippen molar-refractivity contribution in [1.82, 2.24) is 10.6 Å². The van der Waals surface area contributed by atoms with Gasteiger partial charge >= 0.3 is 0 Å². The largest absolute Gasteiger partial charge is 0.396 e. The summed E-state index contributed by atoms with van der Waals surface area (Å²) in [6, 6.07) is 8.17. The minimum Gasteiger partial charge on any atom is -0.396 e. The average molecular weight is 292 g/mol. The highest BCUT2D eigenvalue weighted by molar-refractivity contribution is 5.97. The van der Waals surface area contributed by atoms with Crippen molar-refractivity contribution in [1.29, 1.82) is 0 Å². The van der Waals surface area contributed by atoms with Crippen molar-refractivity contribution in [2.45, 2.75) is 33.2 Å². The maximum atomic E-state index is 12.0. The van der Waals surface area contributed by atoms with Gasteiger partial charge in [0.2, 0.25) is 5.91 Å². The molecule has 0 saturated heterocycles. The molecule has 21 heavy (non-hydrogen) atoms. The molecule has 0 aliphatic heterocycles. The molecule has 0 heterocycles. The first-order chi connectivity index (χ1) is 9.85. The van der Waals surface area contributed by atoms with Crippen molar-refractivity contribution < 1.29 is 14.7 Å². The highest BCUT2D eigenvalue weighted by atomic mass is 16.3. The number of nitrogens with one attached hydrogen (secondary N) is 2. The predicted octanol–water partition coefficient (Wildman–Crippen LogP) is 1.33. The first-order valence-corrected chi connectivity index (χ1v) is 7.10. The van der Waals surface area contributed by atoms with Crippen molar-refractivity contribution in [2.75, 3.05) is 13.2 Å². The summed E-state index contributed by atoms with van der Waals surface area (Å²) < 4.78 is 0. The lowest BCUT2D eigenvalue weighted by molar-refractivity contribution is -0.123. The number of hydrogen-bond donors (Lipinski definition) is 3. The first-order valence-electron chi connectivity index (χ1n) is 7.10. The normalized spacial score (nSPS) is 12.6. The van der Waals surface area contributed by atoms with Gasteiger partial charge in [-0.3, -0.25) is 9.59 Å². The molecule has 0 spiro atoms. The van der Waals surface area contributed by atoms with Gasteiger partial charge in [0.1, 0.15) is 6.04 Å². The van der Waals surface area contributed by atoms with Crippen molar-refractivity contribution in [2.24, 2.45) is 5.41 Å². The number of hydrogen-bond acceptors (Lipinski definition) is 3. The topological polar surface area (TPSA) is 78.4 Å². The molecular weight excluding hydrogens is 268 g/mol. The Morgan fingerprint density at radius 1 is 1.24 bits per heavy atom. The molecule has 0 aromatic heterocycles. The molecule has 0 radical (unpaired) electrons. The van der Waals surface area contributed by atoms with E-state index in [-0.39, 0.29) is 23.8 Å². The van der Waals surface area contributed by atoms with Crippen LogP contribution in [-0.2, 0) is 4.79 Å². The van der Waals surface area contributed by atoms with Gasteiger partial charge in [-0.15, -0.1) is 0 Å². The predicted molar refractivity (Wildman–Crippen MR) is 81.9 cm³/mol. The molecular formula is C16H24N2O3. The molecule has 0 saturated carbocycles. The van der Waals surface area contributed by atoms with Crippen LogP contribution in [0.5, 0.6) is 0 Å². The standard InChI is InChI=1S/C16H24N2O3/c1-12(14(20)17-11-16(2,3)9-10-19)18-15(21)13-7-5-4-6-8-13/h4-8,12,19H,9-11H2,1-3H3,(H,17,20)(H,18,21). The van der Waals surface area contributed by atoms with Gasteiger partial charge in [0.25, 0.3) is 5.91 Å². The highest BCUT2D eigenvalue weighted by Crippen LogP contribution is 2.17. The molecule has 1 unspecified atom stereocenters. The molecule has 3 N–H and O–H groups in total. The van der Waals surface area contributed by atoms with Gasteiger partial charge in [-0.2, -0.15) is 0 Å². The monoisotopic (exact) mass is 292 g/mol. The van der Waals surface area contributed by atoms with Gasteiger partial charge in [-0.1, -0.05) is 32.0 Å². The summed E-state index contributed by atoms with van der Waals surface area (Å²) in [4.78, 5) is 23.9. The van der Waals surface area contributed by atoms with Crippen LogP contribution in [-0.4, -0.2) is 36.1 Å². The summed E-state index contributed by atoms with van der Waals surface area (Å²) in [5.74, 6) is -0.502. The van der Waals surface area contributed by atoms with E-state index >= 15 is 0 Å². The lowest BCUT2D eigenvalue weighted by atomic mass is 9.89. The Morgan fingerprint density at radius 2 is 1.86 bits per heavy atom. The summed E-state index contributed by atoms with van der Waals surface area (Å²) in [6.07, 6.45) is 0.609. The van der Waals surface area contributed by atoms with Crippen LogP contribution < -0.4 is 10.6 Å². The van der Waals surface area contributed by atoms with Gasteiger partial charge in [0, 0.05) is 18.7 Å². The minimum atomic E-state index is -0.609. The lowest BCUT2D eigenvalue weighted by Gasteiger charge is -2.25. The number of amides is 2. The van der Waals surface area contributed by atoms with Gasteiger partial charge < -0.3 is 15.7 Å². The van der Waals surface area contributed by atoms with Gasteiger partial charge in [-0.05, 0) is 30.9 Å². The zero-order valence-corrected chi connectivity index (χ0v) is 12.8. The Balaban J connectivity index is 2.46. The summed E-state index contributed by atoms with van der Waals surface area (Å²) >= 11 is 0. The highest BCUT2D eigenvalue weighted by Gasteiger charge is 2.21. The summed E-state index contributed by atoms with van der Waals surface area (Å²) in [7, 11) is 0. The maximum Gasteiger partial charge on any atom is 0.251 e. The number of aliphatic hydroxyl groups is 1. The van der Waals surface area contributed by atoms with Crippen LogP contribution in [0, 0.1) is 5.41 Å². The number of carbonyl (C=O) groups excluding carboxylic acids is 2. The second-order valence-electron chi connectivity index (χ2n) is 5.92. The molecule has 5 heteroatoms. The van der Waals surface area contributed by atoms with E-state index in [1.165, 1.54) is 0 Å². The fourth-order valence-corrected chi connectivity index (χ4v) is 1.81. The van der Waals surface area contributed by atoms with Crippen LogP contribution in [0.4, 0.5) is 0 Å². The molecule has 1 atom stereocenters. The fraction of sp³-hybridized carbons (Fsp3) is 0.500. The van der Waals surface area contributed by atoms with Crippen molar-refractivity contribution in [3.63, 3.8) is 0 Å². The molecule has 0 bridgehead atoms. The van der Waals surface area contributed by atoms with Crippen LogP contribution >= 0.6 is 0 Å². The van der Waals surface area contributed by atoms with Crippen molar-refractivity contribution in [3.8, 4) is 0 Å². The summed E-state index contributed by atoms with van der Waals surface area (Å²) in [6.45, 7) is 6.13. The molecule has 116 valence electrons. The third kappa shape index (κ3) is 5.95. The zero-order chi connectivity index (χ0) is 15.9. The van der Waals surface area contributed by atoms with E-state index in [1.807, 2.05) is 19.9 Å². The van der Waals surface area contributed by atoms with Crippen LogP contribution in [0.1, 0.15) is 37.6 Å². The Labute approximate surface area is 125 Å². The van der Waals surface area contributed by atoms with E-state index in [9.17, 15) is 9.59 Å². The Morgan fingerprint density at radius 3 is 2.43 bits per heavy atom. The maximum absolute atomic E-state index is 12.0. The quantitative estimate of drug-likeness (QED) is 0.709. The second-order valence-corrected chi connectivity index (χ2v) is 5.92. The smallest absolute Gasteiger partial charge is 0.251 e. The van der Waals surface area contributed by atoms with Gasteiger partial charge in [-0.25, -0.2) is 0 Å². The van der Waals surface area contributed by atoms with Crippen LogP contribution in [0.15, 0.2) is 30.3 Å². The van der Waals surface area contributed by atoms with Gasteiger partial charge in [0.05, 0.1) is 0 Å².